The van der Waals surface area contributed by atoms with Gasteiger partial charge in [0.15, 0.2) is 5.69 Å². The number of ether oxygens (including phenoxy) is 1. The minimum atomic E-state index is -0.645. The largest absolute Gasteiger partial charge is 0.465 e. The summed E-state index contributed by atoms with van der Waals surface area (Å²) in [5.74, 6) is -1.31. The lowest BCUT2D eigenvalue weighted by atomic mass is 10.2. The Bertz CT molecular complexity index is 825. The fourth-order valence-electron chi connectivity index (χ4n) is 2.80. The van der Waals surface area contributed by atoms with Crippen LogP contribution in [0.2, 0.25) is 0 Å². The number of fused-ring (bicyclic) bond motifs is 1. The van der Waals surface area contributed by atoms with Crippen LogP contribution in [0.1, 0.15) is 30.3 Å². The highest BCUT2D eigenvalue weighted by atomic mass is 16.5. The molecular formula is C17H20N4O4. The molecule has 0 radical (unpaired) electrons. The second kappa shape index (κ2) is 6.92. The van der Waals surface area contributed by atoms with E-state index in [1.807, 2.05) is 0 Å². The first-order valence-corrected chi connectivity index (χ1v) is 8.21. The van der Waals surface area contributed by atoms with E-state index >= 15 is 0 Å². The molecule has 1 aromatic carbocycles. The number of benzene rings is 1. The molecule has 1 heterocycles. The van der Waals surface area contributed by atoms with E-state index in [1.165, 1.54) is 9.58 Å². The second-order valence-electron chi connectivity index (χ2n) is 5.95. The van der Waals surface area contributed by atoms with Crippen LogP contribution in [0.4, 0.5) is 0 Å². The molecule has 0 unspecified atom stereocenters. The maximum Gasteiger partial charge on any atom is 0.325 e. The number of para-hydroxylation sites is 1. The van der Waals surface area contributed by atoms with Crippen LogP contribution in [0.15, 0.2) is 24.3 Å². The summed E-state index contributed by atoms with van der Waals surface area (Å²) >= 11 is 0. The van der Waals surface area contributed by atoms with Crippen LogP contribution in [-0.4, -0.2) is 51.7 Å². The van der Waals surface area contributed by atoms with Crippen molar-refractivity contribution in [1.29, 1.82) is 0 Å². The summed E-state index contributed by atoms with van der Waals surface area (Å²) in [7, 11) is 0. The molecule has 0 spiro atoms. The monoisotopic (exact) mass is 344 g/mol. The second-order valence-corrected chi connectivity index (χ2v) is 5.95. The van der Waals surface area contributed by atoms with E-state index in [-0.39, 0.29) is 37.3 Å². The molecule has 1 fully saturated rings. The van der Waals surface area contributed by atoms with Crippen LogP contribution in [0.5, 0.6) is 0 Å². The maximum absolute atomic E-state index is 12.7. The van der Waals surface area contributed by atoms with E-state index in [2.05, 4.69) is 5.10 Å². The molecule has 0 aliphatic heterocycles. The molecule has 1 aromatic heterocycles. The zero-order valence-corrected chi connectivity index (χ0v) is 14.0. The van der Waals surface area contributed by atoms with Gasteiger partial charge in [-0.3, -0.25) is 19.1 Å². The number of aromatic nitrogens is 2. The molecule has 8 nitrogen and oxygen atoms in total. The van der Waals surface area contributed by atoms with Gasteiger partial charge in [0, 0.05) is 11.4 Å². The van der Waals surface area contributed by atoms with Crippen LogP contribution in [0.3, 0.4) is 0 Å². The molecule has 0 saturated heterocycles. The van der Waals surface area contributed by atoms with Crippen molar-refractivity contribution in [2.24, 2.45) is 5.73 Å². The van der Waals surface area contributed by atoms with Crippen molar-refractivity contribution < 1.29 is 19.1 Å². The Morgan fingerprint density at radius 1 is 1.32 bits per heavy atom. The van der Waals surface area contributed by atoms with E-state index in [1.54, 1.807) is 31.2 Å². The van der Waals surface area contributed by atoms with E-state index in [0.717, 1.165) is 12.8 Å². The number of hydrogen-bond acceptors (Lipinski definition) is 5. The van der Waals surface area contributed by atoms with Crippen molar-refractivity contribution in [3.05, 3.63) is 30.0 Å². The van der Waals surface area contributed by atoms with Gasteiger partial charge in [0.2, 0.25) is 5.91 Å². The molecule has 2 N–H and O–H groups in total. The van der Waals surface area contributed by atoms with Gasteiger partial charge >= 0.3 is 5.97 Å². The SMILES string of the molecule is CCOC(=O)CN(C(=O)Cn1nc(C(N)=O)c2ccccc21)C1CC1. The predicted molar refractivity (Wildman–Crippen MR) is 89.6 cm³/mol. The van der Waals surface area contributed by atoms with Crippen molar-refractivity contribution in [1.82, 2.24) is 14.7 Å². The lowest BCUT2D eigenvalue weighted by molar-refractivity contribution is -0.149. The summed E-state index contributed by atoms with van der Waals surface area (Å²) in [4.78, 5) is 37.5. The van der Waals surface area contributed by atoms with Gasteiger partial charge < -0.3 is 15.4 Å². The van der Waals surface area contributed by atoms with Crippen molar-refractivity contribution in [3.63, 3.8) is 0 Å². The van der Waals surface area contributed by atoms with Crippen molar-refractivity contribution >= 4 is 28.7 Å². The number of esters is 1. The van der Waals surface area contributed by atoms with E-state index in [0.29, 0.717) is 10.9 Å². The number of carbonyl (C=O) groups is 3. The molecule has 0 atom stereocenters. The van der Waals surface area contributed by atoms with E-state index in [9.17, 15) is 14.4 Å². The van der Waals surface area contributed by atoms with Gasteiger partial charge in [-0.2, -0.15) is 5.10 Å². The number of nitrogens with zero attached hydrogens (tertiary/aromatic N) is 3. The lowest BCUT2D eigenvalue weighted by Gasteiger charge is -2.21. The predicted octanol–water partition coefficient (Wildman–Crippen LogP) is 0.689. The van der Waals surface area contributed by atoms with Crippen LogP contribution < -0.4 is 5.73 Å². The van der Waals surface area contributed by atoms with Crippen LogP contribution >= 0.6 is 0 Å². The molecule has 1 saturated carbocycles. The summed E-state index contributed by atoms with van der Waals surface area (Å²) in [6, 6.07) is 7.15. The number of amides is 2. The Hall–Kier alpha value is -2.90. The highest BCUT2D eigenvalue weighted by Gasteiger charge is 2.34. The Kier molecular flexibility index (Phi) is 4.69. The summed E-state index contributed by atoms with van der Waals surface area (Å²) in [5.41, 5.74) is 6.15. The fourth-order valence-corrected chi connectivity index (χ4v) is 2.80. The normalized spacial score (nSPS) is 13.6. The smallest absolute Gasteiger partial charge is 0.325 e. The van der Waals surface area contributed by atoms with Crippen molar-refractivity contribution in [2.75, 3.05) is 13.2 Å². The van der Waals surface area contributed by atoms with Gasteiger partial charge in [-0.25, -0.2) is 0 Å². The molecule has 1 aliphatic rings. The summed E-state index contributed by atoms with van der Waals surface area (Å²) < 4.78 is 6.40. The molecule has 25 heavy (non-hydrogen) atoms. The molecule has 8 heteroatoms. The average molecular weight is 344 g/mol. The molecule has 132 valence electrons. The number of carbonyl (C=O) groups excluding carboxylic acids is 3. The number of rotatable bonds is 7. The van der Waals surface area contributed by atoms with Crippen LogP contribution in [0, 0.1) is 0 Å². The Morgan fingerprint density at radius 3 is 2.68 bits per heavy atom. The quantitative estimate of drug-likeness (QED) is 0.744. The Labute approximate surface area is 144 Å². The zero-order chi connectivity index (χ0) is 18.0. The molecular weight excluding hydrogens is 324 g/mol. The fraction of sp³-hybridized carbons (Fsp3) is 0.412. The molecule has 0 bridgehead atoms. The third-order valence-corrected chi connectivity index (χ3v) is 4.09. The maximum atomic E-state index is 12.7. The third-order valence-electron chi connectivity index (χ3n) is 4.09. The van der Waals surface area contributed by atoms with Crippen LogP contribution in [-0.2, 0) is 20.9 Å². The minimum Gasteiger partial charge on any atom is -0.465 e. The summed E-state index contributed by atoms with van der Waals surface area (Å²) in [6.45, 7) is 1.86. The van der Waals surface area contributed by atoms with E-state index in [4.69, 9.17) is 10.5 Å². The summed E-state index contributed by atoms with van der Waals surface area (Å²) in [6.07, 6.45) is 1.75. The number of primary amides is 1. The van der Waals surface area contributed by atoms with Gasteiger partial charge in [-0.05, 0) is 25.8 Å². The summed E-state index contributed by atoms with van der Waals surface area (Å²) in [5, 5.41) is 4.79. The standard InChI is InChI=1S/C17H20N4O4/c1-2-25-15(23)10-20(11-7-8-11)14(22)9-21-13-6-4-3-5-12(13)16(19-21)17(18)24/h3-6,11H,2,7-10H2,1H3,(H2,18,24). The van der Waals surface area contributed by atoms with Gasteiger partial charge in [-0.1, -0.05) is 18.2 Å². The third kappa shape index (κ3) is 3.62. The minimum absolute atomic E-state index is 0.0642. The van der Waals surface area contributed by atoms with Gasteiger partial charge in [0.25, 0.3) is 5.91 Å². The molecule has 1 aliphatic carbocycles. The molecule has 2 aromatic rings. The molecule has 2 amide bonds. The topological polar surface area (TPSA) is 108 Å². The van der Waals surface area contributed by atoms with E-state index < -0.39 is 11.9 Å². The zero-order valence-electron chi connectivity index (χ0n) is 14.0. The average Bonchev–Trinajstić information content (AvgIpc) is 3.35. The van der Waals surface area contributed by atoms with Gasteiger partial charge in [-0.15, -0.1) is 0 Å². The lowest BCUT2D eigenvalue weighted by Crippen LogP contribution is -2.40. The Morgan fingerprint density at radius 2 is 2.04 bits per heavy atom. The number of nitrogens with two attached hydrogens (primary N) is 1. The number of hydrogen-bond donors (Lipinski definition) is 1. The van der Waals surface area contributed by atoms with Gasteiger partial charge in [0.1, 0.15) is 13.1 Å². The first-order chi connectivity index (χ1) is 12.0. The first kappa shape index (κ1) is 16.9. The highest BCUT2D eigenvalue weighted by molar-refractivity contribution is 6.04. The molecule has 3 rings (SSSR count). The van der Waals surface area contributed by atoms with Crippen molar-refractivity contribution in [3.8, 4) is 0 Å². The Balaban J connectivity index is 1.83. The first-order valence-electron chi connectivity index (χ1n) is 8.21. The van der Waals surface area contributed by atoms with Crippen molar-refractivity contribution in [2.45, 2.75) is 32.4 Å². The highest BCUT2D eigenvalue weighted by Crippen LogP contribution is 2.27. The van der Waals surface area contributed by atoms with Crippen LogP contribution in [0.25, 0.3) is 10.9 Å². The van der Waals surface area contributed by atoms with Gasteiger partial charge in [0.05, 0.1) is 12.1 Å².